The number of hydrogen-bond acceptors (Lipinski definition) is 2. The van der Waals surface area contributed by atoms with E-state index in [-0.39, 0.29) is 0 Å². The van der Waals surface area contributed by atoms with Gasteiger partial charge in [0.05, 0.1) is 0 Å². The van der Waals surface area contributed by atoms with Crippen LogP contribution < -0.4 is 5.73 Å². The Morgan fingerprint density at radius 3 is 2.00 bits per heavy atom. The second-order valence-corrected chi connectivity index (χ2v) is 6.69. The Bertz CT molecular complexity index is 241. The van der Waals surface area contributed by atoms with E-state index in [2.05, 4.69) is 4.90 Å². The fourth-order valence-electron chi connectivity index (χ4n) is 3.89. The van der Waals surface area contributed by atoms with Crippen LogP contribution in [0, 0.1) is 10.8 Å². The largest absolute Gasteiger partial charge is 0.330 e. The highest BCUT2D eigenvalue weighted by molar-refractivity contribution is 4.98. The zero-order valence-electron chi connectivity index (χ0n) is 10.5. The number of nitrogens with zero attached hydrogens (tertiary/aromatic N) is 1. The summed E-state index contributed by atoms with van der Waals surface area (Å²) in [5.41, 5.74) is 7.19. The van der Waals surface area contributed by atoms with Crippen molar-refractivity contribution in [2.24, 2.45) is 16.6 Å². The molecular formula is C14H26N2. The van der Waals surface area contributed by atoms with E-state index in [1.807, 2.05) is 0 Å². The van der Waals surface area contributed by atoms with Crippen molar-refractivity contribution < 1.29 is 0 Å². The molecule has 92 valence electrons. The van der Waals surface area contributed by atoms with Gasteiger partial charge in [-0.2, -0.15) is 0 Å². The molecule has 0 aromatic carbocycles. The molecule has 1 spiro atoms. The summed E-state index contributed by atoms with van der Waals surface area (Å²) in [4.78, 5) is 2.70. The first kappa shape index (κ1) is 11.0. The highest BCUT2D eigenvalue weighted by Crippen LogP contribution is 2.49. The van der Waals surface area contributed by atoms with E-state index < -0.39 is 0 Å². The standard InChI is InChI=1S/C14H26N2/c15-11-14(5-6-14)12-16-9-7-13(8-10-16)3-1-2-4-13/h1-12,15H2. The van der Waals surface area contributed by atoms with Gasteiger partial charge in [0.15, 0.2) is 0 Å². The van der Waals surface area contributed by atoms with Crippen molar-refractivity contribution in [3.63, 3.8) is 0 Å². The van der Waals surface area contributed by atoms with Gasteiger partial charge in [0.2, 0.25) is 0 Å². The number of nitrogens with two attached hydrogens (primary N) is 1. The second kappa shape index (κ2) is 3.99. The van der Waals surface area contributed by atoms with Crippen molar-refractivity contribution in [2.75, 3.05) is 26.2 Å². The third-order valence-electron chi connectivity index (χ3n) is 5.53. The molecule has 2 aliphatic carbocycles. The first-order valence-corrected chi connectivity index (χ1v) is 7.19. The van der Waals surface area contributed by atoms with Crippen molar-refractivity contribution in [1.82, 2.24) is 4.90 Å². The summed E-state index contributed by atoms with van der Waals surface area (Å²) in [7, 11) is 0. The molecule has 3 rings (SSSR count). The maximum atomic E-state index is 5.87. The minimum absolute atomic E-state index is 0.542. The van der Waals surface area contributed by atoms with Gasteiger partial charge in [0.25, 0.3) is 0 Å². The Morgan fingerprint density at radius 2 is 1.50 bits per heavy atom. The molecule has 1 saturated heterocycles. The van der Waals surface area contributed by atoms with Crippen LogP contribution in [0.3, 0.4) is 0 Å². The fourth-order valence-corrected chi connectivity index (χ4v) is 3.89. The van der Waals surface area contributed by atoms with E-state index in [1.54, 1.807) is 0 Å². The van der Waals surface area contributed by atoms with Crippen LogP contribution in [-0.4, -0.2) is 31.1 Å². The SMILES string of the molecule is NCC1(CN2CCC3(CCCC3)CC2)CC1. The molecule has 0 unspecified atom stereocenters. The summed E-state index contributed by atoms with van der Waals surface area (Å²) in [6.45, 7) is 4.90. The molecule has 2 nitrogen and oxygen atoms in total. The zero-order valence-corrected chi connectivity index (χ0v) is 10.5. The Labute approximate surface area is 99.6 Å². The van der Waals surface area contributed by atoms with Crippen molar-refractivity contribution >= 4 is 0 Å². The lowest BCUT2D eigenvalue weighted by atomic mass is 9.77. The normalized spacial score (nSPS) is 32.1. The molecule has 1 aliphatic heterocycles. The summed E-state index contributed by atoms with van der Waals surface area (Å²) < 4.78 is 0. The Balaban J connectivity index is 1.51. The molecule has 0 aromatic heterocycles. The van der Waals surface area contributed by atoms with Crippen LogP contribution in [-0.2, 0) is 0 Å². The lowest BCUT2D eigenvalue weighted by Crippen LogP contribution is -2.42. The third kappa shape index (κ3) is 2.02. The van der Waals surface area contributed by atoms with Gasteiger partial charge in [0, 0.05) is 6.54 Å². The van der Waals surface area contributed by atoms with Crippen LogP contribution in [0.4, 0.5) is 0 Å². The molecule has 2 N–H and O–H groups in total. The summed E-state index contributed by atoms with van der Waals surface area (Å²) in [5, 5.41) is 0. The van der Waals surface area contributed by atoms with Crippen molar-refractivity contribution in [2.45, 2.75) is 51.4 Å². The molecule has 2 saturated carbocycles. The average molecular weight is 222 g/mol. The summed E-state index contributed by atoms with van der Waals surface area (Å²) in [5.74, 6) is 0. The molecular weight excluding hydrogens is 196 g/mol. The molecule has 0 amide bonds. The molecule has 16 heavy (non-hydrogen) atoms. The van der Waals surface area contributed by atoms with Gasteiger partial charge in [-0.1, -0.05) is 12.8 Å². The molecule has 2 heteroatoms. The predicted octanol–water partition coefficient (Wildman–Crippen LogP) is 2.38. The summed E-state index contributed by atoms with van der Waals surface area (Å²) >= 11 is 0. The molecule has 1 heterocycles. The number of piperidine rings is 1. The van der Waals surface area contributed by atoms with E-state index in [4.69, 9.17) is 5.73 Å². The second-order valence-electron chi connectivity index (χ2n) is 6.69. The maximum absolute atomic E-state index is 5.87. The van der Waals surface area contributed by atoms with Gasteiger partial charge in [-0.15, -0.1) is 0 Å². The van der Waals surface area contributed by atoms with Crippen LogP contribution in [0.25, 0.3) is 0 Å². The fraction of sp³-hybridized carbons (Fsp3) is 1.00. The topological polar surface area (TPSA) is 29.3 Å². The van der Waals surface area contributed by atoms with E-state index >= 15 is 0 Å². The average Bonchev–Trinajstić information content (AvgIpc) is 2.95. The quantitative estimate of drug-likeness (QED) is 0.794. The number of likely N-dealkylation sites (tertiary alicyclic amines) is 1. The van der Waals surface area contributed by atoms with E-state index in [1.165, 1.54) is 71.0 Å². The summed E-state index contributed by atoms with van der Waals surface area (Å²) in [6.07, 6.45) is 11.7. The van der Waals surface area contributed by atoms with Crippen LogP contribution in [0.1, 0.15) is 51.4 Å². The Kier molecular flexibility index (Phi) is 2.75. The molecule has 0 radical (unpaired) electrons. The highest BCUT2D eigenvalue weighted by Gasteiger charge is 2.44. The van der Waals surface area contributed by atoms with Crippen molar-refractivity contribution in [3.8, 4) is 0 Å². The lowest BCUT2D eigenvalue weighted by Gasteiger charge is -2.40. The van der Waals surface area contributed by atoms with Gasteiger partial charge in [0.1, 0.15) is 0 Å². The minimum atomic E-state index is 0.542. The van der Waals surface area contributed by atoms with E-state index in [0.717, 1.165) is 12.0 Å². The number of rotatable bonds is 3. The minimum Gasteiger partial charge on any atom is -0.330 e. The Morgan fingerprint density at radius 1 is 0.875 bits per heavy atom. The zero-order chi connectivity index (χ0) is 11.1. The van der Waals surface area contributed by atoms with Gasteiger partial charge in [-0.05, 0) is 69.0 Å². The monoisotopic (exact) mass is 222 g/mol. The van der Waals surface area contributed by atoms with Crippen molar-refractivity contribution in [1.29, 1.82) is 0 Å². The third-order valence-corrected chi connectivity index (χ3v) is 5.53. The number of hydrogen-bond donors (Lipinski definition) is 1. The lowest BCUT2D eigenvalue weighted by molar-refractivity contribution is 0.0930. The molecule has 3 fully saturated rings. The van der Waals surface area contributed by atoms with E-state index in [9.17, 15) is 0 Å². The van der Waals surface area contributed by atoms with E-state index in [0.29, 0.717) is 5.41 Å². The van der Waals surface area contributed by atoms with Gasteiger partial charge < -0.3 is 10.6 Å². The molecule has 3 aliphatic rings. The van der Waals surface area contributed by atoms with Crippen LogP contribution in [0.5, 0.6) is 0 Å². The predicted molar refractivity (Wildman–Crippen MR) is 67.3 cm³/mol. The van der Waals surface area contributed by atoms with Gasteiger partial charge in [-0.25, -0.2) is 0 Å². The van der Waals surface area contributed by atoms with Crippen LogP contribution >= 0.6 is 0 Å². The Hall–Kier alpha value is -0.0800. The maximum Gasteiger partial charge on any atom is 0.00501 e. The highest BCUT2D eigenvalue weighted by atomic mass is 15.1. The van der Waals surface area contributed by atoms with Gasteiger partial charge >= 0.3 is 0 Å². The first-order valence-electron chi connectivity index (χ1n) is 7.19. The van der Waals surface area contributed by atoms with Crippen LogP contribution in [0.2, 0.25) is 0 Å². The van der Waals surface area contributed by atoms with Gasteiger partial charge in [-0.3, -0.25) is 0 Å². The van der Waals surface area contributed by atoms with Crippen molar-refractivity contribution in [3.05, 3.63) is 0 Å². The molecule has 0 atom stereocenters. The summed E-state index contributed by atoms with van der Waals surface area (Å²) in [6, 6.07) is 0. The smallest absolute Gasteiger partial charge is 0.00501 e. The first-order chi connectivity index (χ1) is 7.76. The molecule has 0 bridgehead atoms. The molecule has 0 aromatic rings. The van der Waals surface area contributed by atoms with Crippen LogP contribution in [0.15, 0.2) is 0 Å².